The smallest absolute Gasteiger partial charge is 0.0575 e. The van der Waals surface area contributed by atoms with E-state index >= 15 is 0 Å². The summed E-state index contributed by atoms with van der Waals surface area (Å²) in [5.41, 5.74) is 17.5. The number of hydrogen-bond donors (Lipinski definition) is 0. The summed E-state index contributed by atoms with van der Waals surface area (Å²) in [5, 5.41) is 1.39. The third kappa shape index (κ3) is 7.28. The Hall–Kier alpha value is -3.84. The second-order valence-corrected chi connectivity index (χ2v) is 20.5. The number of aryl methyl sites for hydroxylation is 1. The van der Waals surface area contributed by atoms with E-state index in [1.807, 2.05) is 0 Å². The Morgan fingerprint density at radius 1 is 0.471 bits per heavy atom. The largest absolute Gasteiger partial charge is 0.309 e. The molecule has 0 radical (unpaired) electrons. The lowest BCUT2D eigenvalue weighted by Gasteiger charge is -2.27. The summed E-state index contributed by atoms with van der Waals surface area (Å²) in [5.74, 6) is 0. The van der Waals surface area contributed by atoms with Gasteiger partial charge < -0.3 is 4.57 Å². The molecule has 0 saturated carbocycles. The molecule has 1 nitrogen and oxygen atoms in total. The van der Waals surface area contributed by atoms with Crippen LogP contribution in [0.3, 0.4) is 0 Å². The Bertz CT molecular complexity index is 1990. The van der Waals surface area contributed by atoms with Crippen LogP contribution in [0.1, 0.15) is 149 Å². The van der Waals surface area contributed by atoms with Crippen molar-refractivity contribution in [3.63, 3.8) is 0 Å². The molecule has 1 aromatic heterocycles. The number of aromatic nitrogens is 1. The molecule has 0 fully saturated rings. The van der Waals surface area contributed by atoms with Gasteiger partial charge in [0.05, 0.1) is 5.52 Å². The van der Waals surface area contributed by atoms with E-state index in [-0.39, 0.29) is 27.1 Å². The van der Waals surface area contributed by atoms with Crippen LogP contribution in [0.2, 0.25) is 0 Å². The average molecular weight is 678 g/mol. The third-order valence-corrected chi connectivity index (χ3v) is 11.0. The average Bonchev–Trinajstić information content (AvgIpc) is 3.36. The van der Waals surface area contributed by atoms with Crippen molar-refractivity contribution in [1.82, 2.24) is 4.57 Å². The first-order chi connectivity index (χ1) is 23.4. The van der Waals surface area contributed by atoms with Crippen LogP contribution in [-0.4, -0.2) is 4.57 Å². The normalized spacial score (nSPS) is 14.3. The van der Waals surface area contributed by atoms with Crippen molar-refractivity contribution < 1.29 is 0 Å². The zero-order valence-electron chi connectivity index (χ0n) is 34.4. The van der Waals surface area contributed by atoms with E-state index in [0.29, 0.717) is 0 Å². The van der Waals surface area contributed by atoms with Gasteiger partial charge in [0.2, 0.25) is 0 Å². The minimum absolute atomic E-state index is 0.00629. The second-order valence-electron chi connectivity index (χ2n) is 20.5. The molecule has 0 N–H and O–H groups in total. The van der Waals surface area contributed by atoms with Crippen LogP contribution in [0, 0.1) is 0 Å². The fourth-order valence-corrected chi connectivity index (χ4v) is 7.55. The first-order valence-corrected chi connectivity index (χ1v) is 19.2. The highest BCUT2D eigenvalue weighted by Gasteiger charge is 2.27. The Morgan fingerprint density at radius 3 is 1.31 bits per heavy atom. The van der Waals surface area contributed by atoms with Crippen molar-refractivity contribution in [2.24, 2.45) is 0 Å². The maximum atomic E-state index is 2.60. The first kappa shape index (κ1) is 36.9. The minimum Gasteiger partial charge on any atom is -0.309 e. The molecular weight excluding hydrogens is 615 g/mol. The lowest BCUT2D eigenvalue weighted by molar-refractivity contribution is 0.568. The molecule has 51 heavy (non-hydrogen) atoms. The molecular formula is C50H63N. The molecule has 0 amide bonds. The number of benzene rings is 4. The highest BCUT2D eigenvalue weighted by Crippen LogP contribution is 2.43. The number of para-hydroxylation sites is 1. The Labute approximate surface area is 310 Å². The molecule has 0 spiro atoms. The molecule has 0 saturated heterocycles. The van der Waals surface area contributed by atoms with Crippen molar-refractivity contribution in [2.75, 3.05) is 0 Å². The van der Waals surface area contributed by atoms with E-state index < -0.39 is 0 Å². The molecule has 268 valence electrons. The van der Waals surface area contributed by atoms with Crippen molar-refractivity contribution in [1.29, 1.82) is 0 Å². The molecule has 1 aliphatic carbocycles. The maximum Gasteiger partial charge on any atom is 0.0575 e. The van der Waals surface area contributed by atoms with E-state index in [1.54, 1.807) is 0 Å². The van der Waals surface area contributed by atoms with Crippen LogP contribution in [0.5, 0.6) is 0 Å². The summed E-state index contributed by atoms with van der Waals surface area (Å²) in [6.45, 7) is 35.1. The quantitative estimate of drug-likeness (QED) is 0.179. The Morgan fingerprint density at radius 2 is 0.902 bits per heavy atom. The van der Waals surface area contributed by atoms with E-state index in [4.69, 9.17) is 0 Å². The van der Waals surface area contributed by atoms with Gasteiger partial charge in [-0.05, 0) is 120 Å². The number of hydrogen-bond acceptors (Lipinski definition) is 0. The van der Waals surface area contributed by atoms with Gasteiger partial charge in [0.1, 0.15) is 0 Å². The molecule has 1 heteroatoms. The lowest BCUT2D eigenvalue weighted by Crippen LogP contribution is -2.16. The Balaban J connectivity index is 1.76. The minimum atomic E-state index is -0.00629. The molecule has 1 heterocycles. The molecule has 4 aromatic carbocycles. The van der Waals surface area contributed by atoms with Crippen LogP contribution in [-0.2, 0) is 33.5 Å². The number of allylic oxidation sites excluding steroid dienone is 1. The van der Waals surface area contributed by atoms with Gasteiger partial charge in [0, 0.05) is 16.8 Å². The molecule has 6 rings (SSSR count). The molecule has 1 aliphatic rings. The lowest BCUT2D eigenvalue weighted by atomic mass is 9.78. The monoisotopic (exact) mass is 677 g/mol. The van der Waals surface area contributed by atoms with Crippen LogP contribution >= 0.6 is 0 Å². The summed E-state index contributed by atoms with van der Waals surface area (Å²) >= 11 is 0. The predicted molar refractivity (Wildman–Crippen MR) is 225 cm³/mol. The summed E-state index contributed by atoms with van der Waals surface area (Å²) < 4.78 is 2.60. The van der Waals surface area contributed by atoms with Gasteiger partial charge in [0.15, 0.2) is 0 Å². The van der Waals surface area contributed by atoms with Crippen LogP contribution in [0.4, 0.5) is 0 Å². The van der Waals surface area contributed by atoms with Crippen molar-refractivity contribution in [3.05, 3.63) is 118 Å². The number of nitrogens with zero attached hydrogens (tertiary/aromatic N) is 1. The highest BCUT2D eigenvalue weighted by molar-refractivity contribution is 5.94. The molecule has 0 aliphatic heterocycles. The zero-order valence-corrected chi connectivity index (χ0v) is 34.4. The van der Waals surface area contributed by atoms with Gasteiger partial charge in [-0.3, -0.25) is 0 Å². The van der Waals surface area contributed by atoms with Gasteiger partial charge >= 0.3 is 0 Å². The first-order valence-electron chi connectivity index (χ1n) is 19.2. The van der Waals surface area contributed by atoms with Gasteiger partial charge in [0.25, 0.3) is 0 Å². The molecule has 0 bridgehead atoms. The van der Waals surface area contributed by atoms with Gasteiger partial charge in [-0.15, -0.1) is 0 Å². The van der Waals surface area contributed by atoms with Gasteiger partial charge in [-0.1, -0.05) is 165 Å². The number of fused-ring (bicyclic) bond motifs is 3. The fourth-order valence-electron chi connectivity index (χ4n) is 7.55. The number of rotatable bonds is 3. The van der Waals surface area contributed by atoms with Crippen LogP contribution < -0.4 is 0 Å². The Kier molecular flexibility index (Phi) is 8.97. The van der Waals surface area contributed by atoms with Gasteiger partial charge in [-0.2, -0.15) is 0 Å². The van der Waals surface area contributed by atoms with Crippen molar-refractivity contribution >= 4 is 17.0 Å². The van der Waals surface area contributed by atoms with Crippen LogP contribution in [0.15, 0.2) is 78.9 Å². The second kappa shape index (κ2) is 12.4. The summed E-state index contributed by atoms with van der Waals surface area (Å²) in [6, 6.07) is 29.1. The molecule has 5 aromatic rings. The van der Waals surface area contributed by atoms with Crippen LogP contribution in [0.25, 0.3) is 44.9 Å². The summed E-state index contributed by atoms with van der Waals surface area (Å²) in [6.07, 6.45) is 6.90. The molecule has 0 unspecified atom stereocenters. The summed E-state index contributed by atoms with van der Waals surface area (Å²) in [4.78, 5) is 0. The van der Waals surface area contributed by atoms with E-state index in [2.05, 4.69) is 193 Å². The van der Waals surface area contributed by atoms with E-state index in [0.717, 1.165) is 12.8 Å². The predicted octanol–water partition coefficient (Wildman–Crippen LogP) is 14.4. The SMILES string of the molecule is CC(C)(C)c1cc(-c2cc(-c3cc(C(C)(C)C)cc(C(C)(C)C)c3)cc(-n3c4c(c5cccc(C(C)(C)C)c53)CCC=C4)c2)cc(C(C)(C)C)c1. The highest BCUT2D eigenvalue weighted by atomic mass is 15.0. The van der Waals surface area contributed by atoms with E-state index in [9.17, 15) is 0 Å². The standard InChI is InChI=1S/C50H63N/c1-46(2,3)36-24-34(25-37(30-36)47(4,5)6)32-23-33(35-26-38(48(7,8)9)31-39(27-35)49(10,11)12)29-40(28-32)51-44-22-17-16-19-41(44)42-20-18-21-43(45(42)51)50(13,14)15/h17-18,20-31H,16,19H2,1-15H3. The topological polar surface area (TPSA) is 4.93 Å². The molecule has 0 atom stereocenters. The zero-order chi connectivity index (χ0) is 37.5. The van der Waals surface area contributed by atoms with Gasteiger partial charge in [-0.25, -0.2) is 0 Å². The fraction of sp³-hybridized carbons (Fsp3) is 0.440. The van der Waals surface area contributed by atoms with Crippen molar-refractivity contribution in [2.45, 2.75) is 144 Å². The maximum absolute atomic E-state index is 2.60. The third-order valence-electron chi connectivity index (χ3n) is 11.0. The van der Waals surface area contributed by atoms with E-state index in [1.165, 1.54) is 77.9 Å². The summed E-state index contributed by atoms with van der Waals surface area (Å²) in [7, 11) is 0. The van der Waals surface area contributed by atoms with Crippen molar-refractivity contribution in [3.8, 4) is 27.9 Å².